The van der Waals surface area contributed by atoms with Crippen LogP contribution in [0.3, 0.4) is 0 Å². The average Bonchev–Trinajstić information content (AvgIpc) is 2.68. The lowest BCUT2D eigenvalue weighted by Gasteiger charge is -2.21. The van der Waals surface area contributed by atoms with Crippen molar-refractivity contribution in [1.82, 2.24) is 10.6 Å². The van der Waals surface area contributed by atoms with Gasteiger partial charge in [-0.3, -0.25) is 10.1 Å². The summed E-state index contributed by atoms with van der Waals surface area (Å²) in [5.74, 6) is -2.48. The second kappa shape index (κ2) is 8.13. The van der Waals surface area contributed by atoms with Crippen LogP contribution in [0.15, 0.2) is 0 Å². The highest BCUT2D eigenvalue weighted by Gasteiger charge is 2.42. The van der Waals surface area contributed by atoms with Gasteiger partial charge in [0.1, 0.15) is 0 Å². The molecule has 0 spiro atoms. The van der Waals surface area contributed by atoms with E-state index in [1.165, 1.54) is 32.1 Å². The van der Waals surface area contributed by atoms with Crippen LogP contribution in [0.25, 0.3) is 0 Å². The van der Waals surface area contributed by atoms with Crippen molar-refractivity contribution in [3.63, 3.8) is 0 Å². The lowest BCUT2D eigenvalue weighted by atomic mass is 9.91. The number of hydrogen-bond donors (Lipinski definition) is 2. The molecule has 1 amide bonds. The smallest absolute Gasteiger partial charge is 0.262 e. The van der Waals surface area contributed by atoms with Gasteiger partial charge in [0.15, 0.2) is 0 Å². The second-order valence-electron chi connectivity index (χ2n) is 5.95. The number of amides is 1. The van der Waals surface area contributed by atoms with E-state index in [1.807, 2.05) is 0 Å². The van der Waals surface area contributed by atoms with Crippen molar-refractivity contribution < 1.29 is 13.6 Å². The minimum atomic E-state index is -2.73. The fourth-order valence-electron chi connectivity index (χ4n) is 3.01. The molecular weight excluding hydrogens is 286 g/mol. The van der Waals surface area contributed by atoms with Crippen LogP contribution in [0, 0.1) is 5.92 Å². The van der Waals surface area contributed by atoms with Crippen molar-refractivity contribution in [3.8, 4) is 0 Å². The van der Waals surface area contributed by atoms with Gasteiger partial charge in [-0.25, -0.2) is 8.78 Å². The van der Waals surface area contributed by atoms with Crippen molar-refractivity contribution in [2.45, 2.75) is 63.3 Å². The first kappa shape index (κ1) is 17.6. The van der Waals surface area contributed by atoms with Crippen molar-refractivity contribution in [1.29, 1.82) is 0 Å². The minimum Gasteiger partial charge on any atom is -0.354 e. The zero-order valence-electron chi connectivity index (χ0n) is 11.8. The van der Waals surface area contributed by atoms with Gasteiger partial charge in [0, 0.05) is 13.0 Å². The normalized spacial score (nSPS) is 27.2. The maximum Gasteiger partial charge on any atom is 0.262 e. The molecule has 20 heavy (non-hydrogen) atoms. The number of halogens is 3. The number of carbonyl (C=O) groups excluding carboxylic acids is 1. The Morgan fingerprint density at radius 2 is 1.75 bits per heavy atom. The molecule has 0 aromatic rings. The maximum absolute atomic E-state index is 13.0. The molecular formula is C14H25ClF2N2O. The summed E-state index contributed by atoms with van der Waals surface area (Å²) in [6.45, 7) is 0.261. The molecule has 1 saturated heterocycles. The molecule has 1 atom stereocenters. The standard InChI is InChI=1S/C14H24F2N2O.ClH/c15-14(16)8-12(18-10-14)13(19)17-9-11-6-4-2-1-3-5-7-11;/h11-12,18H,1-10H2,(H,17,19);1H. The largest absolute Gasteiger partial charge is 0.354 e. The number of carbonyl (C=O) groups is 1. The third-order valence-electron chi connectivity index (χ3n) is 4.22. The summed E-state index contributed by atoms with van der Waals surface area (Å²) < 4.78 is 26.0. The molecule has 1 aliphatic heterocycles. The van der Waals surface area contributed by atoms with E-state index in [0.717, 1.165) is 12.8 Å². The zero-order valence-corrected chi connectivity index (χ0v) is 12.6. The summed E-state index contributed by atoms with van der Waals surface area (Å²) in [5, 5.41) is 5.44. The highest BCUT2D eigenvalue weighted by molar-refractivity contribution is 5.85. The van der Waals surface area contributed by atoms with Crippen LogP contribution in [0.4, 0.5) is 8.78 Å². The first-order valence-corrected chi connectivity index (χ1v) is 7.46. The maximum atomic E-state index is 13.0. The summed E-state index contributed by atoms with van der Waals surface area (Å²) in [7, 11) is 0. The van der Waals surface area contributed by atoms with Crippen LogP contribution < -0.4 is 10.6 Å². The van der Waals surface area contributed by atoms with E-state index in [1.54, 1.807) is 0 Å². The third kappa shape index (κ3) is 5.52. The van der Waals surface area contributed by atoms with Crippen LogP contribution in [0.2, 0.25) is 0 Å². The molecule has 0 aromatic carbocycles. The summed E-state index contributed by atoms with van der Waals surface area (Å²) in [5.41, 5.74) is 0. The van der Waals surface area contributed by atoms with Crippen molar-refractivity contribution >= 4 is 18.3 Å². The van der Waals surface area contributed by atoms with Crippen LogP contribution in [0.1, 0.15) is 51.4 Å². The highest BCUT2D eigenvalue weighted by Crippen LogP contribution is 2.25. The molecule has 1 saturated carbocycles. The molecule has 118 valence electrons. The first-order chi connectivity index (χ1) is 9.07. The number of hydrogen-bond acceptors (Lipinski definition) is 2. The molecule has 3 nitrogen and oxygen atoms in total. The van der Waals surface area contributed by atoms with Gasteiger partial charge in [-0.2, -0.15) is 0 Å². The lowest BCUT2D eigenvalue weighted by molar-refractivity contribution is -0.123. The Hall–Kier alpha value is -0.420. The van der Waals surface area contributed by atoms with E-state index < -0.39 is 12.0 Å². The monoisotopic (exact) mass is 310 g/mol. The molecule has 0 bridgehead atoms. The van der Waals surface area contributed by atoms with Crippen LogP contribution in [-0.2, 0) is 4.79 Å². The van der Waals surface area contributed by atoms with Crippen LogP contribution in [0.5, 0.6) is 0 Å². The molecule has 2 rings (SSSR count). The Balaban J connectivity index is 0.00000200. The van der Waals surface area contributed by atoms with Gasteiger partial charge in [-0.1, -0.05) is 32.1 Å². The van der Waals surface area contributed by atoms with E-state index in [9.17, 15) is 13.6 Å². The van der Waals surface area contributed by atoms with Gasteiger partial charge >= 0.3 is 0 Å². The summed E-state index contributed by atoms with van der Waals surface area (Å²) >= 11 is 0. The molecule has 1 aliphatic carbocycles. The van der Waals surface area contributed by atoms with Crippen molar-refractivity contribution in [2.24, 2.45) is 5.92 Å². The fraction of sp³-hybridized carbons (Fsp3) is 0.929. The Morgan fingerprint density at radius 3 is 2.30 bits per heavy atom. The Morgan fingerprint density at radius 1 is 1.15 bits per heavy atom. The van der Waals surface area contributed by atoms with E-state index in [2.05, 4.69) is 10.6 Å². The Bertz CT molecular complexity index is 308. The Kier molecular flexibility index (Phi) is 7.17. The van der Waals surface area contributed by atoms with Crippen molar-refractivity contribution in [2.75, 3.05) is 13.1 Å². The quantitative estimate of drug-likeness (QED) is 0.841. The fourth-order valence-corrected chi connectivity index (χ4v) is 3.01. The first-order valence-electron chi connectivity index (χ1n) is 7.46. The predicted octanol–water partition coefficient (Wildman–Crippen LogP) is 2.88. The van der Waals surface area contributed by atoms with Crippen LogP contribution in [-0.4, -0.2) is 31.0 Å². The molecule has 2 fully saturated rings. The molecule has 6 heteroatoms. The number of nitrogens with one attached hydrogen (secondary N) is 2. The van der Waals surface area contributed by atoms with Gasteiger partial charge < -0.3 is 5.32 Å². The molecule has 0 radical (unpaired) electrons. The molecule has 1 heterocycles. The van der Waals surface area contributed by atoms with Crippen LogP contribution >= 0.6 is 12.4 Å². The lowest BCUT2D eigenvalue weighted by Crippen LogP contribution is -2.42. The Labute approximate surface area is 125 Å². The van der Waals surface area contributed by atoms with Gasteiger partial charge in [0.2, 0.25) is 5.91 Å². The van der Waals surface area contributed by atoms with E-state index in [4.69, 9.17) is 0 Å². The molecule has 1 unspecified atom stereocenters. The predicted molar refractivity (Wildman–Crippen MR) is 77.4 cm³/mol. The summed E-state index contributed by atoms with van der Waals surface area (Å²) in [6.07, 6.45) is 8.25. The van der Waals surface area contributed by atoms with E-state index in [0.29, 0.717) is 12.5 Å². The minimum absolute atomic E-state index is 0. The third-order valence-corrected chi connectivity index (χ3v) is 4.22. The zero-order chi connectivity index (χ0) is 13.7. The number of alkyl halides is 2. The van der Waals surface area contributed by atoms with E-state index in [-0.39, 0.29) is 31.3 Å². The van der Waals surface area contributed by atoms with Gasteiger partial charge in [0.05, 0.1) is 12.6 Å². The van der Waals surface area contributed by atoms with Gasteiger partial charge in [0.25, 0.3) is 5.92 Å². The molecule has 2 aliphatic rings. The summed E-state index contributed by atoms with van der Waals surface area (Å²) in [4.78, 5) is 11.8. The second-order valence-corrected chi connectivity index (χ2v) is 5.95. The molecule has 2 N–H and O–H groups in total. The highest BCUT2D eigenvalue weighted by atomic mass is 35.5. The van der Waals surface area contributed by atoms with E-state index >= 15 is 0 Å². The molecule has 0 aromatic heterocycles. The van der Waals surface area contributed by atoms with Gasteiger partial charge in [-0.15, -0.1) is 12.4 Å². The topological polar surface area (TPSA) is 41.1 Å². The summed E-state index contributed by atoms with van der Waals surface area (Å²) in [6, 6.07) is -0.719. The number of rotatable bonds is 3. The average molecular weight is 311 g/mol. The van der Waals surface area contributed by atoms with Gasteiger partial charge in [-0.05, 0) is 18.8 Å². The SMILES string of the molecule is Cl.O=C(NCC1CCCCCCC1)C1CC(F)(F)CN1. The van der Waals surface area contributed by atoms with Crippen molar-refractivity contribution in [3.05, 3.63) is 0 Å².